The standard InChI is InChI=1S/C8H12BNO5S/c1-6-5-7(16(13,14)10-2)3-4-8(6)15-9(11)12/h3-5,10-12H,1-2H3. The van der Waals surface area contributed by atoms with E-state index in [1.807, 2.05) is 0 Å². The summed E-state index contributed by atoms with van der Waals surface area (Å²) in [5, 5.41) is 17.2. The Morgan fingerprint density at radius 1 is 1.38 bits per heavy atom. The molecule has 0 fully saturated rings. The predicted octanol–water partition coefficient (Wildman–Crippen LogP) is -0.749. The number of rotatable bonds is 4. The third kappa shape index (κ3) is 2.95. The van der Waals surface area contributed by atoms with Crippen molar-refractivity contribution in [2.75, 3.05) is 7.05 Å². The molecule has 8 heteroatoms. The maximum absolute atomic E-state index is 11.4. The molecule has 0 aliphatic carbocycles. The van der Waals surface area contributed by atoms with Crippen LogP contribution in [-0.2, 0) is 10.0 Å². The first-order valence-electron chi connectivity index (χ1n) is 4.44. The summed E-state index contributed by atoms with van der Waals surface area (Å²) in [5.74, 6) is 0.213. The minimum absolute atomic E-state index is 0.0901. The second-order valence-electron chi connectivity index (χ2n) is 3.08. The number of hydrogen-bond donors (Lipinski definition) is 3. The molecular formula is C8H12BNO5S. The molecule has 0 aliphatic rings. The van der Waals surface area contributed by atoms with Crippen LogP contribution >= 0.6 is 0 Å². The smallest absolute Gasteiger partial charge is 0.512 e. The largest absolute Gasteiger partial charge is 0.707 e. The normalized spacial score (nSPS) is 11.2. The highest BCUT2D eigenvalue weighted by Crippen LogP contribution is 2.21. The van der Waals surface area contributed by atoms with Gasteiger partial charge in [-0.15, -0.1) is 0 Å². The van der Waals surface area contributed by atoms with Crippen LogP contribution in [0.2, 0.25) is 0 Å². The van der Waals surface area contributed by atoms with Crippen LogP contribution in [0.3, 0.4) is 0 Å². The minimum atomic E-state index is -3.50. The highest BCUT2D eigenvalue weighted by molar-refractivity contribution is 7.89. The van der Waals surface area contributed by atoms with Crippen LogP contribution in [0.4, 0.5) is 0 Å². The second kappa shape index (κ2) is 4.83. The Bertz CT molecular complexity index is 473. The molecule has 0 aromatic heterocycles. The Morgan fingerprint density at radius 2 is 2.00 bits per heavy atom. The van der Waals surface area contributed by atoms with Gasteiger partial charge in [0.1, 0.15) is 5.75 Å². The van der Waals surface area contributed by atoms with Gasteiger partial charge in [-0.05, 0) is 37.7 Å². The van der Waals surface area contributed by atoms with Crippen LogP contribution < -0.4 is 9.38 Å². The summed E-state index contributed by atoms with van der Waals surface area (Å²) >= 11 is 0. The summed E-state index contributed by atoms with van der Waals surface area (Å²) in [5.41, 5.74) is 0.490. The van der Waals surface area contributed by atoms with Gasteiger partial charge in [0.2, 0.25) is 10.0 Å². The summed E-state index contributed by atoms with van der Waals surface area (Å²) in [4.78, 5) is 0.0901. The number of sulfonamides is 1. The fourth-order valence-electron chi connectivity index (χ4n) is 1.15. The molecule has 3 N–H and O–H groups in total. The zero-order valence-electron chi connectivity index (χ0n) is 8.84. The van der Waals surface area contributed by atoms with Crippen molar-refractivity contribution < 1.29 is 23.1 Å². The van der Waals surface area contributed by atoms with Gasteiger partial charge < -0.3 is 14.7 Å². The molecule has 0 bridgehead atoms. The third-order valence-corrected chi connectivity index (χ3v) is 3.37. The van der Waals surface area contributed by atoms with Gasteiger partial charge in [-0.25, -0.2) is 13.1 Å². The SMILES string of the molecule is CNS(=O)(=O)c1ccc(OB(O)O)c(C)c1. The van der Waals surface area contributed by atoms with E-state index in [1.165, 1.54) is 25.2 Å². The zero-order valence-corrected chi connectivity index (χ0v) is 9.65. The average molecular weight is 245 g/mol. The minimum Gasteiger partial charge on any atom is -0.512 e. The molecular weight excluding hydrogens is 233 g/mol. The van der Waals surface area contributed by atoms with Crippen molar-refractivity contribution in [3.05, 3.63) is 23.8 Å². The van der Waals surface area contributed by atoms with Crippen LogP contribution in [0.1, 0.15) is 5.56 Å². The molecule has 0 saturated heterocycles. The van der Waals surface area contributed by atoms with Crippen LogP contribution in [0.25, 0.3) is 0 Å². The van der Waals surface area contributed by atoms with Crippen molar-refractivity contribution in [2.45, 2.75) is 11.8 Å². The number of aryl methyl sites for hydroxylation is 1. The first-order chi connectivity index (χ1) is 7.36. The second-order valence-corrected chi connectivity index (χ2v) is 4.97. The van der Waals surface area contributed by atoms with E-state index in [4.69, 9.17) is 10.0 Å². The Morgan fingerprint density at radius 3 is 2.44 bits per heavy atom. The van der Waals surface area contributed by atoms with Crippen molar-refractivity contribution >= 4 is 17.3 Å². The van der Waals surface area contributed by atoms with E-state index >= 15 is 0 Å². The van der Waals surface area contributed by atoms with Gasteiger partial charge in [0.05, 0.1) is 4.90 Å². The van der Waals surface area contributed by atoms with Crippen molar-refractivity contribution in [1.82, 2.24) is 4.72 Å². The Kier molecular flexibility index (Phi) is 3.92. The fourth-order valence-corrected chi connectivity index (χ4v) is 1.97. The molecule has 0 amide bonds. The molecule has 0 spiro atoms. The van der Waals surface area contributed by atoms with Gasteiger partial charge in [0.25, 0.3) is 0 Å². The van der Waals surface area contributed by atoms with Crippen molar-refractivity contribution in [3.63, 3.8) is 0 Å². The first kappa shape index (κ1) is 13.0. The molecule has 1 aromatic rings. The summed E-state index contributed by atoms with van der Waals surface area (Å²) in [6.45, 7) is 1.60. The van der Waals surface area contributed by atoms with E-state index in [-0.39, 0.29) is 10.6 Å². The monoisotopic (exact) mass is 245 g/mol. The molecule has 0 atom stereocenters. The molecule has 0 radical (unpaired) electrons. The first-order valence-corrected chi connectivity index (χ1v) is 5.92. The Balaban J connectivity index is 3.09. The van der Waals surface area contributed by atoms with Crippen molar-refractivity contribution in [1.29, 1.82) is 0 Å². The fraction of sp³-hybridized carbons (Fsp3) is 0.250. The van der Waals surface area contributed by atoms with E-state index in [2.05, 4.69) is 9.38 Å². The molecule has 88 valence electrons. The summed E-state index contributed by atoms with van der Waals surface area (Å²) in [6.07, 6.45) is 0. The quantitative estimate of drug-likeness (QED) is 0.606. The lowest BCUT2D eigenvalue weighted by molar-refractivity contribution is 0.287. The lowest BCUT2D eigenvalue weighted by atomic mass is 10.2. The maximum Gasteiger partial charge on any atom is 0.707 e. The highest BCUT2D eigenvalue weighted by Gasteiger charge is 2.16. The van der Waals surface area contributed by atoms with E-state index in [0.29, 0.717) is 5.56 Å². The average Bonchev–Trinajstić information content (AvgIpc) is 2.20. The molecule has 1 rings (SSSR count). The maximum atomic E-state index is 11.4. The molecule has 1 aromatic carbocycles. The van der Waals surface area contributed by atoms with Gasteiger partial charge >= 0.3 is 7.32 Å². The van der Waals surface area contributed by atoms with Gasteiger partial charge in [0.15, 0.2) is 0 Å². The predicted molar refractivity (Wildman–Crippen MR) is 58.2 cm³/mol. The molecule has 0 unspecified atom stereocenters. The molecule has 0 aliphatic heterocycles. The Hall–Kier alpha value is -1.09. The van der Waals surface area contributed by atoms with Crippen molar-refractivity contribution in [2.24, 2.45) is 0 Å². The van der Waals surface area contributed by atoms with Crippen LogP contribution in [0.15, 0.2) is 23.1 Å². The number of hydrogen-bond acceptors (Lipinski definition) is 5. The number of nitrogens with one attached hydrogen (secondary N) is 1. The topological polar surface area (TPSA) is 95.9 Å². The molecule has 0 saturated carbocycles. The molecule has 0 heterocycles. The van der Waals surface area contributed by atoms with Gasteiger partial charge in [-0.2, -0.15) is 0 Å². The third-order valence-electron chi connectivity index (χ3n) is 1.96. The van der Waals surface area contributed by atoms with Gasteiger partial charge in [-0.1, -0.05) is 0 Å². The molecule has 16 heavy (non-hydrogen) atoms. The van der Waals surface area contributed by atoms with Crippen LogP contribution in [0.5, 0.6) is 5.75 Å². The summed E-state index contributed by atoms with van der Waals surface area (Å²) < 4.78 is 29.7. The summed E-state index contributed by atoms with van der Waals surface area (Å²) in [6, 6.07) is 4.05. The van der Waals surface area contributed by atoms with E-state index in [1.54, 1.807) is 6.92 Å². The van der Waals surface area contributed by atoms with E-state index in [0.717, 1.165) is 0 Å². The van der Waals surface area contributed by atoms with Crippen LogP contribution in [0, 0.1) is 6.92 Å². The lowest BCUT2D eigenvalue weighted by Crippen LogP contribution is -2.22. The Labute approximate surface area is 94.1 Å². The number of benzene rings is 1. The highest BCUT2D eigenvalue weighted by atomic mass is 32.2. The van der Waals surface area contributed by atoms with Crippen LogP contribution in [-0.4, -0.2) is 32.8 Å². The lowest BCUT2D eigenvalue weighted by Gasteiger charge is -2.09. The van der Waals surface area contributed by atoms with Gasteiger partial charge in [0, 0.05) is 0 Å². The van der Waals surface area contributed by atoms with Crippen molar-refractivity contribution in [3.8, 4) is 5.75 Å². The summed E-state index contributed by atoms with van der Waals surface area (Å²) in [7, 11) is -4.11. The van der Waals surface area contributed by atoms with E-state index < -0.39 is 17.3 Å². The van der Waals surface area contributed by atoms with Gasteiger partial charge in [-0.3, -0.25) is 0 Å². The molecule has 6 nitrogen and oxygen atoms in total. The van der Waals surface area contributed by atoms with E-state index in [9.17, 15) is 8.42 Å². The zero-order chi connectivity index (χ0) is 12.3.